The van der Waals surface area contributed by atoms with Gasteiger partial charge in [-0.05, 0) is 34.0 Å². The van der Waals surface area contributed by atoms with E-state index in [1.807, 2.05) is 18.2 Å². The van der Waals surface area contributed by atoms with E-state index in [-0.39, 0.29) is 17.7 Å². The second-order valence-corrected chi connectivity index (χ2v) is 5.17. The molecule has 0 heterocycles. The molecule has 0 spiro atoms. The van der Waals surface area contributed by atoms with E-state index in [0.29, 0.717) is 15.1 Å². The maximum atomic E-state index is 14.0. The fraction of sp³-hybridized carbons (Fsp3) is 0.231. The zero-order chi connectivity index (χ0) is 11.7. The summed E-state index contributed by atoms with van der Waals surface area (Å²) >= 11 is 9.27. The van der Waals surface area contributed by atoms with Gasteiger partial charge in [-0.1, -0.05) is 42.8 Å². The quantitative estimate of drug-likeness (QED) is 0.634. The predicted molar refractivity (Wildman–Crippen MR) is 69.3 cm³/mol. The number of benzene rings is 1. The van der Waals surface area contributed by atoms with Gasteiger partial charge in [0.25, 0.3) is 0 Å². The zero-order valence-electron chi connectivity index (χ0n) is 8.75. The average molecular weight is 302 g/mol. The highest BCUT2D eigenvalue weighted by Crippen LogP contribution is 2.38. The Morgan fingerprint density at radius 1 is 1.25 bits per heavy atom. The lowest BCUT2D eigenvalue weighted by Crippen LogP contribution is -2.10. The molecule has 0 fully saturated rings. The molecule has 3 heteroatoms. The minimum absolute atomic E-state index is 0.00926. The fourth-order valence-corrected chi connectivity index (χ4v) is 2.54. The van der Waals surface area contributed by atoms with Crippen molar-refractivity contribution >= 4 is 27.5 Å². The van der Waals surface area contributed by atoms with Crippen LogP contribution in [0.3, 0.4) is 0 Å². The summed E-state index contributed by atoms with van der Waals surface area (Å²) in [7, 11) is 0. The lowest BCUT2D eigenvalue weighted by atomic mass is 9.84. The van der Waals surface area contributed by atoms with Crippen LogP contribution < -0.4 is 0 Å². The van der Waals surface area contributed by atoms with Crippen molar-refractivity contribution in [2.24, 2.45) is 5.92 Å². The summed E-state index contributed by atoms with van der Waals surface area (Å²) in [5.74, 6) is 0.00519. The van der Waals surface area contributed by atoms with E-state index < -0.39 is 0 Å². The third kappa shape index (κ3) is 2.09. The van der Waals surface area contributed by atoms with E-state index in [4.69, 9.17) is 11.6 Å². The first-order valence-electron chi connectivity index (χ1n) is 5.09. The molecule has 0 saturated carbocycles. The van der Waals surface area contributed by atoms with Crippen LogP contribution in [0.4, 0.5) is 4.39 Å². The van der Waals surface area contributed by atoms with Gasteiger partial charge in [-0.25, -0.2) is 4.39 Å². The van der Waals surface area contributed by atoms with Crippen LogP contribution in [0.2, 0.25) is 5.02 Å². The number of halogens is 3. The monoisotopic (exact) mass is 300 g/mol. The molecule has 0 saturated heterocycles. The van der Waals surface area contributed by atoms with Crippen molar-refractivity contribution in [3.63, 3.8) is 0 Å². The molecule has 1 aliphatic carbocycles. The summed E-state index contributed by atoms with van der Waals surface area (Å²) in [6.07, 6.45) is 7.95. The number of rotatable bonds is 1. The summed E-state index contributed by atoms with van der Waals surface area (Å²) in [5, 5.41) is 0.484. The van der Waals surface area contributed by atoms with E-state index in [0.717, 1.165) is 0 Å². The Morgan fingerprint density at radius 2 is 1.94 bits per heavy atom. The molecular formula is C13H11BrClF. The third-order valence-corrected chi connectivity index (χ3v) is 3.77. The van der Waals surface area contributed by atoms with Crippen LogP contribution in [0, 0.1) is 11.7 Å². The second kappa shape index (κ2) is 4.72. The maximum absolute atomic E-state index is 14.0. The van der Waals surface area contributed by atoms with Crippen LogP contribution in [-0.2, 0) is 0 Å². The highest BCUT2D eigenvalue weighted by molar-refractivity contribution is 9.10. The van der Waals surface area contributed by atoms with Crippen LogP contribution in [0.1, 0.15) is 18.4 Å². The molecule has 0 bridgehead atoms. The molecule has 16 heavy (non-hydrogen) atoms. The van der Waals surface area contributed by atoms with Crippen LogP contribution in [-0.4, -0.2) is 0 Å². The van der Waals surface area contributed by atoms with E-state index >= 15 is 0 Å². The zero-order valence-corrected chi connectivity index (χ0v) is 11.1. The Hall–Kier alpha value is -0.600. The van der Waals surface area contributed by atoms with Crippen molar-refractivity contribution in [3.8, 4) is 0 Å². The molecule has 2 atom stereocenters. The molecule has 2 rings (SSSR count). The predicted octanol–water partition coefficient (Wildman–Crippen LogP) is 5.09. The van der Waals surface area contributed by atoms with Crippen molar-refractivity contribution in [1.29, 1.82) is 0 Å². The third-order valence-electron chi connectivity index (χ3n) is 2.82. The molecule has 0 aliphatic heterocycles. The molecule has 0 aromatic heterocycles. The van der Waals surface area contributed by atoms with Crippen LogP contribution in [0.5, 0.6) is 0 Å². The molecule has 0 nitrogen and oxygen atoms in total. The van der Waals surface area contributed by atoms with Crippen molar-refractivity contribution in [2.45, 2.75) is 12.8 Å². The Labute approximate surface area is 108 Å². The smallest absolute Gasteiger partial charge is 0.142 e. The van der Waals surface area contributed by atoms with E-state index in [2.05, 4.69) is 28.9 Å². The average Bonchev–Trinajstić information content (AvgIpc) is 2.27. The van der Waals surface area contributed by atoms with Crippen molar-refractivity contribution in [2.75, 3.05) is 0 Å². The minimum atomic E-state index is -0.260. The van der Waals surface area contributed by atoms with Gasteiger partial charge in [0.05, 0.1) is 4.47 Å². The second-order valence-electron chi connectivity index (χ2n) is 3.91. The van der Waals surface area contributed by atoms with Crippen molar-refractivity contribution in [3.05, 3.63) is 57.3 Å². The molecule has 1 aromatic rings. The fourth-order valence-electron chi connectivity index (χ4n) is 1.93. The summed E-state index contributed by atoms with van der Waals surface area (Å²) in [4.78, 5) is 0. The maximum Gasteiger partial charge on any atom is 0.142 e. The van der Waals surface area contributed by atoms with Gasteiger partial charge in [0.1, 0.15) is 5.82 Å². The van der Waals surface area contributed by atoms with E-state index in [1.54, 1.807) is 12.1 Å². The van der Waals surface area contributed by atoms with Gasteiger partial charge in [-0.2, -0.15) is 0 Å². The number of allylic oxidation sites excluding steroid dienone is 4. The molecule has 0 amide bonds. The van der Waals surface area contributed by atoms with Crippen molar-refractivity contribution in [1.82, 2.24) is 0 Å². The molecule has 84 valence electrons. The van der Waals surface area contributed by atoms with Gasteiger partial charge in [0.2, 0.25) is 0 Å². The van der Waals surface area contributed by atoms with Crippen LogP contribution in [0.15, 0.2) is 40.9 Å². The lowest BCUT2D eigenvalue weighted by molar-refractivity contribution is 0.557. The van der Waals surface area contributed by atoms with Gasteiger partial charge < -0.3 is 0 Å². The van der Waals surface area contributed by atoms with Gasteiger partial charge in [0, 0.05) is 16.5 Å². The molecule has 0 N–H and O–H groups in total. The van der Waals surface area contributed by atoms with Gasteiger partial charge in [-0.3, -0.25) is 0 Å². The van der Waals surface area contributed by atoms with E-state index in [1.165, 1.54) is 0 Å². The summed E-state index contributed by atoms with van der Waals surface area (Å²) < 4.78 is 14.5. The highest BCUT2D eigenvalue weighted by atomic mass is 79.9. The largest absolute Gasteiger partial charge is 0.205 e. The summed E-state index contributed by atoms with van der Waals surface area (Å²) in [6.45, 7) is 2.06. The van der Waals surface area contributed by atoms with Crippen LogP contribution in [0.25, 0.3) is 0 Å². The molecule has 2 unspecified atom stereocenters. The number of hydrogen-bond acceptors (Lipinski definition) is 0. The Bertz CT molecular complexity index is 465. The summed E-state index contributed by atoms with van der Waals surface area (Å²) in [6, 6.07) is 3.36. The molecule has 0 radical (unpaired) electrons. The lowest BCUT2D eigenvalue weighted by Gasteiger charge is -2.22. The highest BCUT2D eigenvalue weighted by Gasteiger charge is 2.23. The Morgan fingerprint density at radius 3 is 2.62 bits per heavy atom. The van der Waals surface area contributed by atoms with E-state index in [9.17, 15) is 4.39 Å². The van der Waals surface area contributed by atoms with Gasteiger partial charge >= 0.3 is 0 Å². The molecule has 1 aromatic carbocycles. The SMILES string of the molecule is CC1C=CC=CC1c1c(Cl)ccc(Br)c1F. The first kappa shape index (κ1) is 11.9. The first-order chi connectivity index (χ1) is 7.61. The standard InChI is InChI=1S/C13H11BrClF/c1-8-4-2-3-5-9(8)12-11(15)7-6-10(14)13(12)16/h2-9H,1H3. The minimum Gasteiger partial charge on any atom is -0.205 e. The number of hydrogen-bond donors (Lipinski definition) is 0. The normalized spacial score (nSPS) is 23.8. The first-order valence-corrected chi connectivity index (χ1v) is 6.26. The van der Waals surface area contributed by atoms with Crippen molar-refractivity contribution < 1.29 is 4.39 Å². The topological polar surface area (TPSA) is 0 Å². The van der Waals surface area contributed by atoms with Gasteiger partial charge in [-0.15, -0.1) is 0 Å². The Balaban J connectivity index is 2.51. The molecular weight excluding hydrogens is 290 g/mol. The molecule has 1 aliphatic rings. The van der Waals surface area contributed by atoms with Gasteiger partial charge in [0.15, 0.2) is 0 Å². The Kier molecular flexibility index (Phi) is 3.50. The van der Waals surface area contributed by atoms with Crippen LogP contribution >= 0.6 is 27.5 Å². The summed E-state index contributed by atoms with van der Waals surface area (Å²) in [5.41, 5.74) is 0.573.